The third-order valence-corrected chi connectivity index (χ3v) is 12.7. The highest BCUT2D eigenvalue weighted by molar-refractivity contribution is 7.98. The van der Waals surface area contributed by atoms with Gasteiger partial charge in [0.05, 0.1) is 25.1 Å². The van der Waals surface area contributed by atoms with Crippen molar-refractivity contribution in [3.8, 4) is 16.9 Å². The molecule has 6 aromatic rings. The summed E-state index contributed by atoms with van der Waals surface area (Å²) in [6.07, 6.45) is 4.60. The Bertz CT molecular complexity index is 2320. The Labute approximate surface area is 319 Å². The zero-order chi connectivity index (χ0) is 36.6. The SMILES string of the molecule is CCc1ccc2c3c(C)c(C(=O)OC)n2CCCOc2cc(cc4ccccc24)SCc2cc(nn2C)CSCc2nn(C4CCCCO4)c(C)c2-c13. The molecule has 0 N–H and O–H groups in total. The van der Waals surface area contributed by atoms with Crippen molar-refractivity contribution < 1.29 is 19.0 Å². The van der Waals surface area contributed by atoms with Crippen molar-refractivity contribution in [3.63, 3.8) is 0 Å². The van der Waals surface area contributed by atoms with E-state index >= 15 is 0 Å². The fraction of sp³-hybridized carbons (Fsp3) is 0.405. The first-order valence-corrected chi connectivity index (χ1v) is 20.8. The van der Waals surface area contributed by atoms with E-state index in [0.717, 1.165) is 116 Å². The van der Waals surface area contributed by atoms with Crippen molar-refractivity contribution in [1.82, 2.24) is 24.1 Å². The van der Waals surface area contributed by atoms with Gasteiger partial charge >= 0.3 is 5.97 Å². The number of hydrogen-bond donors (Lipinski definition) is 0. The van der Waals surface area contributed by atoms with Gasteiger partial charge in [-0.2, -0.15) is 10.2 Å². The van der Waals surface area contributed by atoms with E-state index in [-0.39, 0.29) is 12.2 Å². The number of hydrogen-bond acceptors (Lipinski definition) is 8. The van der Waals surface area contributed by atoms with Crippen molar-refractivity contribution in [3.05, 3.63) is 94.2 Å². The number of aromatic nitrogens is 5. The molecular weight excluding hydrogens is 703 g/mol. The minimum absolute atomic E-state index is 0.0899. The van der Waals surface area contributed by atoms with Crippen molar-refractivity contribution >= 4 is 51.2 Å². The van der Waals surface area contributed by atoms with Gasteiger partial charge in [-0.15, -0.1) is 23.5 Å². The second kappa shape index (κ2) is 15.3. The topological polar surface area (TPSA) is 85.3 Å². The van der Waals surface area contributed by atoms with E-state index in [9.17, 15) is 4.79 Å². The van der Waals surface area contributed by atoms with Crippen LogP contribution < -0.4 is 4.74 Å². The van der Waals surface area contributed by atoms with Gasteiger partial charge in [0, 0.05) is 75.6 Å². The first kappa shape index (κ1) is 35.8. The number of thioether (sulfide) groups is 2. The Balaban J connectivity index is 1.29. The zero-order valence-corrected chi connectivity index (χ0v) is 32.9. The molecule has 0 amide bonds. The van der Waals surface area contributed by atoms with Crippen LogP contribution in [0.1, 0.15) is 83.2 Å². The van der Waals surface area contributed by atoms with Gasteiger partial charge < -0.3 is 18.8 Å². The normalized spacial score (nSPS) is 17.0. The lowest BCUT2D eigenvalue weighted by atomic mass is 9.91. The highest BCUT2D eigenvalue weighted by Gasteiger charge is 2.30. The molecular formula is C42H47N5O4S2. The van der Waals surface area contributed by atoms with Crippen LogP contribution in [0.25, 0.3) is 32.8 Å². The van der Waals surface area contributed by atoms with E-state index in [0.29, 0.717) is 25.3 Å². The Kier molecular flexibility index (Phi) is 10.3. The molecule has 0 aliphatic carbocycles. The van der Waals surface area contributed by atoms with E-state index < -0.39 is 0 Å². The van der Waals surface area contributed by atoms with Crippen LogP contribution >= 0.6 is 23.5 Å². The minimum atomic E-state index is -0.331. The van der Waals surface area contributed by atoms with Crippen LogP contribution in [0.15, 0.2) is 59.5 Å². The van der Waals surface area contributed by atoms with E-state index in [1.807, 2.05) is 23.5 Å². The highest BCUT2D eigenvalue weighted by Crippen LogP contribution is 2.43. The van der Waals surface area contributed by atoms with Gasteiger partial charge in [-0.3, -0.25) is 4.68 Å². The second-order valence-electron chi connectivity index (χ2n) is 14.0. The molecule has 5 heterocycles. The molecule has 3 aromatic carbocycles. The number of ether oxygens (including phenoxy) is 3. The largest absolute Gasteiger partial charge is 0.493 e. The molecule has 9 nitrogen and oxygen atoms in total. The maximum Gasteiger partial charge on any atom is 0.354 e. The fourth-order valence-electron chi connectivity index (χ4n) is 8.10. The summed E-state index contributed by atoms with van der Waals surface area (Å²) in [4.78, 5) is 14.8. The lowest BCUT2D eigenvalue weighted by Gasteiger charge is -2.24. The Morgan fingerprint density at radius 2 is 1.85 bits per heavy atom. The van der Waals surface area contributed by atoms with Crippen LogP contribution in [0, 0.1) is 13.8 Å². The molecule has 0 spiro atoms. The van der Waals surface area contributed by atoms with Crippen LogP contribution in [-0.2, 0) is 46.7 Å². The number of fused-ring (bicyclic) bond motifs is 8. The van der Waals surface area contributed by atoms with Crippen molar-refractivity contribution in [2.45, 2.75) is 87.8 Å². The molecule has 1 saturated heterocycles. The fourth-order valence-corrected chi connectivity index (χ4v) is 9.93. The number of methoxy groups -OCH3 is 1. The highest BCUT2D eigenvalue weighted by atomic mass is 32.2. The summed E-state index contributed by atoms with van der Waals surface area (Å²) in [6.45, 7) is 8.29. The first-order valence-electron chi connectivity index (χ1n) is 18.7. The number of esters is 1. The molecule has 1 atom stereocenters. The van der Waals surface area contributed by atoms with Gasteiger partial charge in [0.2, 0.25) is 0 Å². The summed E-state index contributed by atoms with van der Waals surface area (Å²) in [5.41, 5.74) is 10.4. The lowest BCUT2D eigenvalue weighted by Crippen LogP contribution is -2.20. The molecule has 3 aromatic heterocycles. The Hall–Kier alpha value is -4.19. The smallest absolute Gasteiger partial charge is 0.354 e. The molecule has 1 fully saturated rings. The average Bonchev–Trinajstić information content (AvgIpc) is 3.80. The predicted molar refractivity (Wildman–Crippen MR) is 214 cm³/mol. The van der Waals surface area contributed by atoms with Gasteiger partial charge in [-0.25, -0.2) is 9.48 Å². The van der Waals surface area contributed by atoms with E-state index in [1.54, 1.807) is 11.8 Å². The molecule has 0 radical (unpaired) electrons. The number of rotatable bonds is 3. The van der Waals surface area contributed by atoms with Gasteiger partial charge in [0.25, 0.3) is 0 Å². The number of nitrogens with zero attached hydrogens (tertiary/aromatic N) is 5. The lowest BCUT2D eigenvalue weighted by molar-refractivity contribution is -0.0407. The summed E-state index contributed by atoms with van der Waals surface area (Å²) in [6, 6.07) is 19.4. The molecule has 2 aliphatic heterocycles. The summed E-state index contributed by atoms with van der Waals surface area (Å²) >= 11 is 3.64. The average molecular weight is 750 g/mol. The minimum Gasteiger partial charge on any atom is -0.493 e. The number of aryl methyl sites for hydroxylation is 4. The molecule has 8 rings (SSSR count). The van der Waals surface area contributed by atoms with Gasteiger partial charge in [0.15, 0.2) is 0 Å². The molecule has 8 bridgehead atoms. The van der Waals surface area contributed by atoms with Crippen LogP contribution in [0.4, 0.5) is 0 Å². The number of carbonyl (C=O) groups is 1. The first-order chi connectivity index (χ1) is 25.9. The van der Waals surface area contributed by atoms with Crippen LogP contribution in [0.2, 0.25) is 0 Å². The van der Waals surface area contributed by atoms with E-state index in [4.69, 9.17) is 24.4 Å². The zero-order valence-electron chi connectivity index (χ0n) is 31.2. The Morgan fingerprint density at radius 3 is 2.66 bits per heavy atom. The second-order valence-corrected chi connectivity index (χ2v) is 16.0. The quantitative estimate of drug-likeness (QED) is 0.166. The maximum absolute atomic E-state index is 13.6. The molecule has 2 aliphatic rings. The van der Waals surface area contributed by atoms with Gasteiger partial charge in [-0.05, 0) is 92.3 Å². The summed E-state index contributed by atoms with van der Waals surface area (Å²) in [7, 11) is 3.50. The summed E-state index contributed by atoms with van der Waals surface area (Å²) in [5.74, 6) is 2.83. The molecule has 53 heavy (non-hydrogen) atoms. The monoisotopic (exact) mass is 749 g/mol. The van der Waals surface area contributed by atoms with Crippen LogP contribution in [0.3, 0.4) is 0 Å². The van der Waals surface area contributed by atoms with Crippen molar-refractivity contribution in [2.24, 2.45) is 7.05 Å². The van der Waals surface area contributed by atoms with Crippen molar-refractivity contribution in [2.75, 3.05) is 20.3 Å². The maximum atomic E-state index is 13.6. The molecule has 276 valence electrons. The predicted octanol–water partition coefficient (Wildman–Crippen LogP) is 9.56. The third-order valence-electron chi connectivity index (χ3n) is 10.7. The third kappa shape index (κ3) is 6.76. The van der Waals surface area contributed by atoms with Gasteiger partial charge in [0.1, 0.15) is 17.7 Å². The van der Waals surface area contributed by atoms with Crippen LogP contribution in [0.5, 0.6) is 5.75 Å². The van der Waals surface area contributed by atoms with E-state index in [1.165, 1.54) is 18.4 Å². The molecule has 1 unspecified atom stereocenters. The molecule has 11 heteroatoms. The van der Waals surface area contributed by atoms with E-state index in [2.05, 4.69) is 84.6 Å². The van der Waals surface area contributed by atoms with Crippen LogP contribution in [-0.4, -0.2) is 50.4 Å². The summed E-state index contributed by atoms with van der Waals surface area (Å²) in [5, 5.41) is 13.6. The summed E-state index contributed by atoms with van der Waals surface area (Å²) < 4.78 is 24.6. The van der Waals surface area contributed by atoms with Crippen molar-refractivity contribution in [1.29, 1.82) is 0 Å². The number of benzene rings is 3. The molecule has 0 saturated carbocycles. The number of carbonyl (C=O) groups excluding carboxylic acids is 1. The Morgan fingerprint density at radius 1 is 0.981 bits per heavy atom. The standard InChI is InChI=1S/C42H47N5O4S2/c1-6-28-15-16-35-38-26(2)41(42(48)49-5)46(35)17-11-19-50-36-22-32(20-29-12-7-8-13-33(29)36)53-24-31-21-30(43-45(31)4)23-52-25-34-39(40(28)38)27(3)47(44-34)37-14-9-10-18-51-37/h7-8,12-13,15-16,20-22,37H,6,9-11,14,17-19,23-25H2,1-5H3. The van der Waals surface area contributed by atoms with Gasteiger partial charge in [-0.1, -0.05) is 37.3 Å².